The van der Waals surface area contributed by atoms with Crippen molar-refractivity contribution in [2.24, 2.45) is 11.8 Å². The zero-order valence-corrected chi connectivity index (χ0v) is 84.1. The number of imidazole rings is 3. The number of benzene rings is 3. The van der Waals surface area contributed by atoms with E-state index in [1.165, 1.54) is 54.1 Å². The van der Waals surface area contributed by atoms with Gasteiger partial charge in [-0.3, -0.25) is 23.3 Å². The van der Waals surface area contributed by atoms with Gasteiger partial charge in [0.05, 0.1) is 69.8 Å². The lowest BCUT2D eigenvalue weighted by Crippen LogP contribution is -2.52. The number of aliphatic hydroxyl groups excluding tert-OH is 1. The third-order valence-electron chi connectivity index (χ3n) is 21.1. The lowest BCUT2D eigenvalue weighted by atomic mass is 9.90. The fourth-order valence-corrected chi connectivity index (χ4v) is 14.9. The zero-order valence-electron chi connectivity index (χ0n) is 80.3. The van der Waals surface area contributed by atoms with E-state index in [9.17, 15) is 76.4 Å². The molecule has 3 fully saturated rings. The number of fused-ring (bicyclic) bond motifs is 3. The molecular weight excluding hydrogens is 2000 g/mol. The first kappa shape index (κ1) is 113. The van der Waals surface area contributed by atoms with Crippen LogP contribution in [0.4, 0.5) is 63.0 Å². The van der Waals surface area contributed by atoms with Gasteiger partial charge in [-0.2, -0.15) is 52.9 Å². The molecule has 50 heteroatoms. The molecule has 14 atom stereocenters. The minimum atomic E-state index is -4.23. The van der Waals surface area contributed by atoms with Crippen molar-refractivity contribution in [2.75, 3.05) is 48.6 Å². The van der Waals surface area contributed by atoms with Gasteiger partial charge in [-0.1, -0.05) is 102 Å². The highest BCUT2D eigenvalue weighted by Gasteiger charge is 2.55. The summed E-state index contributed by atoms with van der Waals surface area (Å²) in [6.45, 7) is 30.6. The number of anilines is 3. The number of ether oxygens (including phenoxy) is 12. The molecule has 2 unspecified atom stereocenters. The Labute approximate surface area is 827 Å². The van der Waals surface area contributed by atoms with Gasteiger partial charge >= 0.3 is 54.4 Å². The second kappa shape index (κ2) is 46.2. The van der Waals surface area contributed by atoms with Gasteiger partial charge in [0.25, 0.3) is 5.60 Å². The Morgan fingerprint density at radius 2 is 0.844 bits per heavy atom. The monoisotopic (exact) mass is 2110 g/mol. The van der Waals surface area contributed by atoms with E-state index < -0.39 is 203 Å². The number of aliphatic hydroxyl groups is 1. The van der Waals surface area contributed by atoms with Crippen molar-refractivity contribution in [3.8, 4) is 0 Å². The number of carbonyl (C=O) groups is 10. The lowest BCUT2D eigenvalue weighted by molar-refractivity contribution is -0.190. The van der Waals surface area contributed by atoms with Gasteiger partial charge in [-0.25, -0.2) is 66.5 Å². The Hall–Kier alpha value is -11.5. The Balaban J connectivity index is 0.000000225. The zero-order chi connectivity index (χ0) is 105. The second-order valence-corrected chi connectivity index (χ2v) is 38.3. The summed E-state index contributed by atoms with van der Waals surface area (Å²) in [5.41, 5.74) is 0.0972. The molecule has 3 aliphatic heterocycles. The van der Waals surface area contributed by atoms with Crippen molar-refractivity contribution in [3.05, 3.63) is 141 Å². The van der Waals surface area contributed by atoms with Gasteiger partial charge in [0, 0.05) is 30.0 Å². The number of nitrogen functional groups attached to an aromatic ring is 1. The molecule has 0 aliphatic carbocycles. The first-order valence-electron chi connectivity index (χ1n) is 43.7. The summed E-state index contributed by atoms with van der Waals surface area (Å²) in [5, 5.41) is 29.5. The summed E-state index contributed by atoms with van der Waals surface area (Å²) < 4.78 is 153. The smallest absolute Gasteiger partial charge is 0.425 e. The van der Waals surface area contributed by atoms with Crippen molar-refractivity contribution in [1.29, 1.82) is 0 Å². The topological polar surface area (TPSA) is 505 Å². The van der Waals surface area contributed by atoms with Crippen molar-refractivity contribution in [1.82, 2.24) is 58.6 Å². The van der Waals surface area contributed by atoms with Crippen LogP contribution < -0.4 is 15.5 Å². The number of esters is 2. The van der Waals surface area contributed by atoms with Crippen LogP contribution >= 0.6 is 50.7 Å². The van der Waals surface area contributed by atoms with Gasteiger partial charge in [-0.05, 0) is 188 Å². The number of carbonyl (C=O) groups excluding carboxylic acids is 8. The van der Waals surface area contributed by atoms with Crippen LogP contribution in [0.25, 0.3) is 33.5 Å². The van der Waals surface area contributed by atoms with Gasteiger partial charge in [-0.15, -0.1) is 0 Å². The van der Waals surface area contributed by atoms with E-state index in [0.29, 0.717) is 26.3 Å². The van der Waals surface area contributed by atoms with Crippen LogP contribution in [0.15, 0.2) is 91.8 Å². The maximum absolute atomic E-state index is 16.1. The van der Waals surface area contributed by atoms with Crippen molar-refractivity contribution < 1.29 is 146 Å². The molecule has 12 rings (SSSR count). The van der Waals surface area contributed by atoms with E-state index in [-0.39, 0.29) is 94.4 Å². The molecule has 3 aliphatic rings. The summed E-state index contributed by atoms with van der Waals surface area (Å²) in [6, 6.07) is 18.9. The normalized spacial score (nSPS) is 20.5. The fourth-order valence-electron chi connectivity index (χ4n) is 14.0. The third-order valence-corrected chi connectivity index (χ3v) is 22.3. The molecule has 141 heavy (non-hydrogen) atoms. The van der Waals surface area contributed by atoms with Crippen LogP contribution in [0.5, 0.6) is 0 Å². The van der Waals surface area contributed by atoms with Gasteiger partial charge in [0.15, 0.2) is 94.2 Å². The maximum Gasteiger partial charge on any atom is 0.425 e. The molecule has 9 heterocycles. The number of nitrogens with two attached hydrogens (primary N) is 1. The first-order valence-corrected chi connectivity index (χ1v) is 45.9. The van der Waals surface area contributed by atoms with Crippen molar-refractivity contribution >= 4 is 161 Å². The number of imide groups is 2. The molecule has 6 aromatic heterocycles. The number of hydrogen-bond donors (Lipinski definition) is 4. The van der Waals surface area contributed by atoms with Crippen LogP contribution in [0.1, 0.15) is 177 Å². The summed E-state index contributed by atoms with van der Waals surface area (Å²) in [6.07, 6.45) is -21.6. The number of carboxylic acid groups (broad SMARTS) is 2. The van der Waals surface area contributed by atoms with E-state index in [1.54, 1.807) is 147 Å². The molecule has 40 nitrogen and oxygen atoms in total. The highest BCUT2D eigenvalue weighted by molar-refractivity contribution is 9.08. The average Bonchev–Trinajstić information content (AvgIpc) is 1.61. The number of carboxylic acids is 2. The number of aliphatic carboxylic acids is 2. The van der Waals surface area contributed by atoms with Crippen molar-refractivity contribution in [3.63, 3.8) is 0 Å². The first-order chi connectivity index (χ1) is 65.6. The summed E-state index contributed by atoms with van der Waals surface area (Å²) >= 11 is 21.5. The molecule has 0 saturated carbocycles. The number of hydrogen-bond acceptors (Lipinski definition) is 33. The van der Waals surface area contributed by atoms with E-state index in [2.05, 4.69) is 60.8 Å². The van der Waals surface area contributed by atoms with Crippen LogP contribution in [0.3, 0.4) is 0 Å². The number of aryl methyl sites for hydroxylation is 2. The van der Waals surface area contributed by atoms with E-state index in [1.807, 2.05) is 26.0 Å². The van der Waals surface area contributed by atoms with Gasteiger partial charge < -0.3 is 77.9 Å². The van der Waals surface area contributed by atoms with E-state index in [0.717, 1.165) is 33.4 Å². The molecule has 9 aromatic rings. The number of nitrogens with zero attached hydrogens (tertiary/aromatic N) is 14. The molecule has 4 amide bonds. The lowest BCUT2D eigenvalue weighted by Gasteiger charge is -2.31. The van der Waals surface area contributed by atoms with Crippen LogP contribution in [-0.4, -0.2) is 249 Å². The molecule has 768 valence electrons. The number of rotatable bonds is 27. The molecule has 5 N–H and O–H groups in total. The number of ketones is 2. The molecule has 0 bridgehead atoms. The Morgan fingerprint density at radius 1 is 0.496 bits per heavy atom. The fraction of sp³-hybridized carbons (Fsp3) is 0.527. The molecule has 0 radical (unpaired) electrons. The standard InChI is InChI=1S/C35H45ClFN5O9.C27H37ClFN5O9.C21H21ClFN5O7.C8H6BrF3/c1-11-47-29(44)35(21(4)43,16-22-14-12-19(2)13-15-22)48-17-23-20(3)24(37)28(49-23)41-18-38-25-26(41)39-30(36)40-27(25)42(31(45)50-33(5,6)7)32(46)51-34(8,9)10;1-10-39-22(36)18(14(3)35)40-11-15-13(2)16(29)21(41-15)33-12-30-17-19(33)31-23(28)32-20(17)34(24(37)42-26(4,5)6)25(38)43-27(7,8)9;1-9-2-4-10(5-3-9)6-21(18(30)31,19(32)33)34-7-11-14(29)12(23)17(35-11)28-8-25-13-15(24)26-20(22)27-16(13)28;9-5-6-1-3-7(4-2-6)8(10,11)12/h12-15,18,20,23-24,28H,11,16-17H2,1-10H3;12-13,15-16,18,21H,10-11H2,1-9H3;2-5,8,11-12,14,17,29H,6-7H2,1H3,(H,30,31)(H,32,33)(H2,24,26,27);1-4H,5H2/t20-,23-,24+,28-,35?;13-,15-,16+,18?,21-;11-,12+,14-,17-;/m111./s1. The number of aromatic nitrogens is 12. The number of Topliss-reactive ketones (excluding diaryl/α,β-unsaturated/α-hetero) is 2. The van der Waals surface area contributed by atoms with E-state index in [4.69, 9.17) is 97.4 Å². The molecule has 3 saturated heterocycles. The Bertz CT molecular complexity index is 5940. The molecular formula is C91H109BrCl3F6N15O25. The highest BCUT2D eigenvalue weighted by Crippen LogP contribution is 2.44. The van der Waals surface area contributed by atoms with Crippen LogP contribution in [0.2, 0.25) is 15.9 Å². The van der Waals surface area contributed by atoms with Crippen LogP contribution in [0, 0.1) is 25.7 Å². The number of alkyl halides is 7. The minimum absolute atomic E-state index is 0.00940. The highest BCUT2D eigenvalue weighted by atomic mass is 79.9. The van der Waals surface area contributed by atoms with Gasteiger partial charge in [0.2, 0.25) is 27.6 Å². The molecule has 0 spiro atoms. The molecule has 3 aromatic carbocycles. The second-order valence-electron chi connectivity index (χ2n) is 36.7. The Kier molecular flexibility index (Phi) is 37.1. The largest absolute Gasteiger partial charge is 0.479 e. The summed E-state index contributed by atoms with van der Waals surface area (Å²) in [5.74, 6) is -8.70. The summed E-state index contributed by atoms with van der Waals surface area (Å²) in [7, 11) is 0. The number of halogens is 10. The van der Waals surface area contributed by atoms with E-state index >= 15 is 13.2 Å². The van der Waals surface area contributed by atoms with Crippen molar-refractivity contribution in [2.45, 2.75) is 264 Å². The summed E-state index contributed by atoms with van der Waals surface area (Å²) in [4.78, 5) is 166. The minimum Gasteiger partial charge on any atom is -0.479 e. The van der Waals surface area contributed by atoms with Gasteiger partial charge in [0.1, 0.15) is 40.1 Å². The predicted molar refractivity (Wildman–Crippen MR) is 497 cm³/mol. The third kappa shape index (κ3) is 28.1. The average molecular weight is 2110 g/mol. The predicted octanol–water partition coefficient (Wildman–Crippen LogP) is 15.8. The quantitative estimate of drug-likeness (QED) is 0.00927. The maximum atomic E-state index is 16.1. The van der Waals surface area contributed by atoms with Crippen LogP contribution in [-0.2, 0) is 110 Å². The SMILES string of the molecule is CCOC(=O)C(Cc1ccc(C)cc1)(OC[C@H]1O[C@@H](n2cnc3c(N(C(=O)OC(C)(C)C)C(=O)OC(C)(C)C)nc(Cl)nc32)[C@@H](F)[C@@H]1C)C(C)=O.CCOC(=O)C(OC[C@H]1O[C@@H](n2cnc3c(N(C(=O)OC(C)(C)C)C(=O)OC(C)(C)C)nc(Cl)nc32)[C@@H](F)[C@@H]1C)C(C)=O.Cc1ccc(CC(OC[C@H]2O[C@@H](n3cnc4c(N)nc(Cl)nc43)[C@@H](F)[C@@H]2O)(C(=O)O)C(=O)O)cc1.FC(F)(F)c1ccc(CBr)cc1. The number of amides is 4. The Morgan fingerprint density at radius 3 is 1.21 bits per heavy atom.